The molecule has 0 saturated heterocycles. The molecule has 0 fully saturated rings. The molecule has 0 unspecified atom stereocenters. The van der Waals surface area contributed by atoms with Gasteiger partial charge in [0, 0.05) is 6.07 Å². The number of hydrogen-bond acceptors (Lipinski definition) is 6. The lowest BCUT2D eigenvalue weighted by atomic mass is 10.3. The Kier molecular flexibility index (Phi) is 5.08. The van der Waals surface area contributed by atoms with Gasteiger partial charge in [-0.2, -0.15) is 5.10 Å². The Labute approximate surface area is 132 Å². The van der Waals surface area contributed by atoms with Crippen molar-refractivity contribution in [3.05, 3.63) is 47.8 Å². The van der Waals surface area contributed by atoms with Crippen LogP contribution in [0, 0.1) is 0 Å². The molecular formula is C15H15N3O5. The van der Waals surface area contributed by atoms with Crippen LogP contribution < -0.4 is 5.32 Å². The number of carbonyl (C=O) groups is 3. The molecule has 0 radical (unpaired) electrons. The second-order valence-electron chi connectivity index (χ2n) is 4.41. The number of rotatable bonds is 5. The first-order chi connectivity index (χ1) is 11.1. The van der Waals surface area contributed by atoms with E-state index < -0.39 is 17.8 Å². The maximum Gasteiger partial charge on any atom is 0.358 e. The number of nitrogens with zero attached hydrogens (tertiary/aromatic N) is 2. The molecule has 1 aromatic carbocycles. The third-order valence-corrected chi connectivity index (χ3v) is 2.96. The van der Waals surface area contributed by atoms with Crippen molar-refractivity contribution in [2.75, 3.05) is 20.8 Å². The zero-order valence-electron chi connectivity index (χ0n) is 12.6. The number of carbonyl (C=O) groups excluding carboxylic acids is 3. The number of aromatic nitrogens is 2. The largest absolute Gasteiger partial charge is 0.468 e. The number of para-hydroxylation sites is 1. The highest BCUT2D eigenvalue weighted by atomic mass is 16.5. The Bertz CT molecular complexity index is 724. The molecule has 0 aliphatic heterocycles. The molecule has 0 bridgehead atoms. The molecule has 1 amide bonds. The van der Waals surface area contributed by atoms with Gasteiger partial charge in [0.15, 0.2) is 5.69 Å². The molecule has 1 aromatic heterocycles. The molecule has 2 rings (SSSR count). The fourth-order valence-electron chi connectivity index (χ4n) is 1.83. The van der Waals surface area contributed by atoms with Crippen LogP contribution in [0.15, 0.2) is 36.4 Å². The van der Waals surface area contributed by atoms with Gasteiger partial charge in [0.1, 0.15) is 12.2 Å². The van der Waals surface area contributed by atoms with Crippen LogP contribution in [0.4, 0.5) is 0 Å². The Morgan fingerprint density at radius 2 is 1.83 bits per heavy atom. The van der Waals surface area contributed by atoms with Gasteiger partial charge in [0.25, 0.3) is 5.91 Å². The van der Waals surface area contributed by atoms with E-state index in [4.69, 9.17) is 0 Å². The van der Waals surface area contributed by atoms with Crippen molar-refractivity contribution in [2.24, 2.45) is 0 Å². The predicted molar refractivity (Wildman–Crippen MR) is 79.3 cm³/mol. The molecule has 0 atom stereocenters. The molecule has 0 aliphatic carbocycles. The molecule has 23 heavy (non-hydrogen) atoms. The van der Waals surface area contributed by atoms with Gasteiger partial charge in [-0.3, -0.25) is 9.59 Å². The number of esters is 2. The van der Waals surface area contributed by atoms with Crippen LogP contribution in [0.3, 0.4) is 0 Å². The molecule has 0 aliphatic rings. The first-order valence-electron chi connectivity index (χ1n) is 6.65. The van der Waals surface area contributed by atoms with E-state index in [1.54, 1.807) is 24.3 Å². The first kappa shape index (κ1) is 16.2. The van der Waals surface area contributed by atoms with Crippen LogP contribution in [-0.4, -0.2) is 48.4 Å². The maximum absolute atomic E-state index is 12.3. The van der Waals surface area contributed by atoms with E-state index in [-0.39, 0.29) is 17.9 Å². The zero-order valence-corrected chi connectivity index (χ0v) is 12.6. The number of methoxy groups -OCH3 is 2. The van der Waals surface area contributed by atoms with Crippen molar-refractivity contribution in [2.45, 2.75) is 0 Å². The topological polar surface area (TPSA) is 99.5 Å². The Morgan fingerprint density at radius 1 is 1.13 bits per heavy atom. The average Bonchev–Trinajstić information content (AvgIpc) is 3.04. The van der Waals surface area contributed by atoms with Crippen molar-refractivity contribution in [1.82, 2.24) is 15.1 Å². The number of nitrogens with one attached hydrogen (secondary N) is 1. The molecule has 1 N–H and O–H groups in total. The molecular weight excluding hydrogens is 302 g/mol. The number of amides is 1. The minimum absolute atomic E-state index is 0.0143. The normalized spacial score (nSPS) is 10.0. The highest BCUT2D eigenvalue weighted by molar-refractivity contribution is 5.97. The van der Waals surface area contributed by atoms with Crippen LogP contribution in [0.25, 0.3) is 5.69 Å². The van der Waals surface area contributed by atoms with E-state index in [0.717, 1.165) is 0 Å². The van der Waals surface area contributed by atoms with Gasteiger partial charge in [-0.1, -0.05) is 18.2 Å². The monoisotopic (exact) mass is 317 g/mol. The number of ether oxygens (including phenoxy) is 2. The minimum atomic E-state index is -0.665. The lowest BCUT2D eigenvalue weighted by molar-refractivity contribution is -0.139. The predicted octanol–water partition coefficient (Wildman–Crippen LogP) is 0.562. The van der Waals surface area contributed by atoms with Crippen LogP contribution >= 0.6 is 0 Å². The zero-order chi connectivity index (χ0) is 16.8. The third kappa shape index (κ3) is 3.73. The van der Waals surface area contributed by atoms with E-state index in [1.165, 1.54) is 25.0 Å². The Balaban J connectivity index is 2.36. The van der Waals surface area contributed by atoms with E-state index in [0.29, 0.717) is 5.69 Å². The van der Waals surface area contributed by atoms with Crippen molar-refractivity contribution in [1.29, 1.82) is 0 Å². The molecule has 0 spiro atoms. The maximum atomic E-state index is 12.3. The highest BCUT2D eigenvalue weighted by Crippen LogP contribution is 2.13. The first-order valence-corrected chi connectivity index (χ1v) is 6.65. The summed E-state index contributed by atoms with van der Waals surface area (Å²) >= 11 is 0. The number of hydrogen-bond donors (Lipinski definition) is 1. The second kappa shape index (κ2) is 7.21. The lowest BCUT2D eigenvalue weighted by Crippen LogP contribution is -2.31. The smallest absolute Gasteiger partial charge is 0.358 e. The lowest BCUT2D eigenvalue weighted by Gasteiger charge is -2.07. The van der Waals surface area contributed by atoms with E-state index in [2.05, 4.69) is 19.9 Å². The van der Waals surface area contributed by atoms with Crippen molar-refractivity contribution in [3.8, 4) is 5.69 Å². The van der Waals surface area contributed by atoms with Gasteiger partial charge >= 0.3 is 11.9 Å². The molecule has 2 aromatic rings. The van der Waals surface area contributed by atoms with Gasteiger partial charge < -0.3 is 14.8 Å². The average molecular weight is 317 g/mol. The third-order valence-electron chi connectivity index (χ3n) is 2.96. The molecule has 120 valence electrons. The summed E-state index contributed by atoms with van der Waals surface area (Å²) in [5, 5.41) is 6.49. The molecule has 0 saturated carbocycles. The summed E-state index contributed by atoms with van der Waals surface area (Å²) in [5.74, 6) is -1.82. The fraction of sp³-hybridized carbons (Fsp3) is 0.200. The van der Waals surface area contributed by atoms with Crippen LogP contribution in [0.1, 0.15) is 21.0 Å². The van der Waals surface area contributed by atoms with Gasteiger partial charge in [-0.15, -0.1) is 0 Å². The highest BCUT2D eigenvalue weighted by Gasteiger charge is 2.21. The second-order valence-corrected chi connectivity index (χ2v) is 4.41. The van der Waals surface area contributed by atoms with Crippen molar-refractivity contribution < 1.29 is 23.9 Å². The Hall–Kier alpha value is -3.16. The summed E-state index contributed by atoms with van der Waals surface area (Å²) in [6.45, 7) is -0.289. The Morgan fingerprint density at radius 3 is 2.43 bits per heavy atom. The minimum Gasteiger partial charge on any atom is -0.468 e. The van der Waals surface area contributed by atoms with Crippen LogP contribution in [0.5, 0.6) is 0 Å². The summed E-state index contributed by atoms with van der Waals surface area (Å²) in [6.07, 6.45) is 0. The standard InChI is InChI=1S/C15H15N3O5/c1-22-13(19)9-16-14(20)12-8-11(15(21)23-2)17-18(12)10-6-4-3-5-7-10/h3-8H,9H2,1-2H3,(H,16,20). The summed E-state index contributed by atoms with van der Waals surface area (Å²) in [4.78, 5) is 35.0. The summed E-state index contributed by atoms with van der Waals surface area (Å²) in [5.41, 5.74) is 0.672. The summed E-state index contributed by atoms with van der Waals surface area (Å²) < 4.78 is 10.4. The van der Waals surface area contributed by atoms with Gasteiger partial charge in [-0.25, -0.2) is 9.48 Å². The van der Waals surface area contributed by atoms with E-state index in [1.807, 2.05) is 6.07 Å². The van der Waals surface area contributed by atoms with Gasteiger partial charge in [-0.05, 0) is 12.1 Å². The molecule has 8 nitrogen and oxygen atoms in total. The molecule has 8 heteroatoms. The fourth-order valence-corrected chi connectivity index (χ4v) is 1.83. The van der Waals surface area contributed by atoms with Gasteiger partial charge in [0.05, 0.1) is 19.9 Å². The van der Waals surface area contributed by atoms with E-state index >= 15 is 0 Å². The van der Waals surface area contributed by atoms with Gasteiger partial charge in [0.2, 0.25) is 0 Å². The summed E-state index contributed by atoms with van der Waals surface area (Å²) in [6, 6.07) is 10.1. The summed E-state index contributed by atoms with van der Waals surface area (Å²) in [7, 11) is 2.44. The molecule has 1 heterocycles. The van der Waals surface area contributed by atoms with Crippen LogP contribution in [-0.2, 0) is 14.3 Å². The SMILES string of the molecule is COC(=O)CNC(=O)c1cc(C(=O)OC)nn1-c1ccccc1. The number of benzene rings is 1. The van der Waals surface area contributed by atoms with Crippen molar-refractivity contribution >= 4 is 17.8 Å². The van der Waals surface area contributed by atoms with Crippen LogP contribution in [0.2, 0.25) is 0 Å². The quantitative estimate of drug-likeness (QED) is 0.809. The van der Waals surface area contributed by atoms with Crippen molar-refractivity contribution in [3.63, 3.8) is 0 Å². The van der Waals surface area contributed by atoms with E-state index in [9.17, 15) is 14.4 Å².